The van der Waals surface area contributed by atoms with Crippen LogP contribution in [0.4, 0.5) is 10.7 Å². The molecule has 0 radical (unpaired) electrons. The third-order valence-corrected chi connectivity index (χ3v) is 3.89. The number of carbonyl (C=O) groups is 1. The average molecular weight is 355 g/mol. The number of amides is 1. The number of carbonyl (C=O) groups excluding carboxylic acids is 1. The lowest BCUT2D eigenvalue weighted by Crippen LogP contribution is -2.50. The third kappa shape index (κ3) is 3.91. The van der Waals surface area contributed by atoms with E-state index in [1.807, 2.05) is 31.7 Å². The lowest BCUT2D eigenvalue weighted by atomic mass is 10.2. The molecule has 0 aliphatic carbocycles. The molecule has 2 aromatic rings. The molecular weight excluding hydrogens is 334 g/mol. The van der Waals surface area contributed by atoms with E-state index in [4.69, 9.17) is 10.00 Å². The normalized spacial score (nSPS) is 14.8. The molecule has 1 aromatic carbocycles. The summed E-state index contributed by atoms with van der Waals surface area (Å²) >= 11 is 0. The fourth-order valence-electron chi connectivity index (χ4n) is 2.67. The minimum absolute atomic E-state index is 0.307. The van der Waals surface area contributed by atoms with Crippen LogP contribution in [0, 0.1) is 11.3 Å². The smallest absolute Gasteiger partial charge is 0.410 e. The van der Waals surface area contributed by atoms with Gasteiger partial charge in [-0.3, -0.25) is 0 Å². The molecular formula is C17H21N7O2. The minimum Gasteiger partial charge on any atom is -0.444 e. The number of benzene rings is 1. The first-order valence-corrected chi connectivity index (χ1v) is 8.39. The number of nitrogens with zero attached hydrogens (tertiary/aromatic N) is 7. The molecule has 136 valence electrons. The summed E-state index contributed by atoms with van der Waals surface area (Å²) in [5, 5.41) is 21.0. The fraction of sp³-hybridized carbons (Fsp3) is 0.471. The highest BCUT2D eigenvalue weighted by Gasteiger charge is 2.28. The summed E-state index contributed by atoms with van der Waals surface area (Å²) in [6, 6.07) is 9.21. The molecule has 0 N–H and O–H groups in total. The van der Waals surface area contributed by atoms with Crippen molar-refractivity contribution in [3.63, 3.8) is 0 Å². The van der Waals surface area contributed by atoms with Crippen molar-refractivity contribution >= 4 is 12.0 Å². The Balaban J connectivity index is 1.70. The Morgan fingerprint density at radius 1 is 1.23 bits per heavy atom. The van der Waals surface area contributed by atoms with Gasteiger partial charge >= 0.3 is 6.09 Å². The topological polar surface area (TPSA) is 100 Å². The van der Waals surface area contributed by atoms with Gasteiger partial charge in [-0.2, -0.15) is 9.94 Å². The summed E-state index contributed by atoms with van der Waals surface area (Å²) in [7, 11) is 0. The van der Waals surface area contributed by atoms with Crippen LogP contribution in [0.5, 0.6) is 0 Å². The molecule has 0 atom stereocenters. The Hall–Kier alpha value is -3.15. The molecule has 0 unspecified atom stereocenters. The molecule has 1 aliphatic heterocycles. The highest BCUT2D eigenvalue weighted by Crippen LogP contribution is 2.19. The summed E-state index contributed by atoms with van der Waals surface area (Å²) in [6.45, 7) is 7.80. The summed E-state index contributed by atoms with van der Waals surface area (Å²) in [5.74, 6) is 0.587. The largest absolute Gasteiger partial charge is 0.444 e. The first-order valence-electron chi connectivity index (χ1n) is 8.39. The van der Waals surface area contributed by atoms with Crippen molar-refractivity contribution in [2.45, 2.75) is 26.4 Å². The number of nitriles is 1. The summed E-state index contributed by atoms with van der Waals surface area (Å²) in [5.41, 5.74) is 0.752. The van der Waals surface area contributed by atoms with Gasteiger partial charge in [0.25, 0.3) is 0 Å². The zero-order valence-electron chi connectivity index (χ0n) is 15.1. The monoisotopic (exact) mass is 355 g/mol. The Kier molecular flexibility index (Phi) is 4.75. The van der Waals surface area contributed by atoms with Crippen LogP contribution in [-0.2, 0) is 4.74 Å². The van der Waals surface area contributed by atoms with Gasteiger partial charge in [-0.05, 0) is 49.4 Å². The second-order valence-electron chi connectivity index (χ2n) is 7.01. The van der Waals surface area contributed by atoms with Crippen molar-refractivity contribution in [1.82, 2.24) is 25.1 Å². The van der Waals surface area contributed by atoms with Crippen LogP contribution in [0.3, 0.4) is 0 Å². The van der Waals surface area contributed by atoms with Gasteiger partial charge in [-0.1, -0.05) is 11.2 Å². The number of ether oxygens (including phenoxy) is 1. The standard InChI is InChI=1S/C17H21N7O2/c1-17(2,3)26-16(25)23-9-7-22(8-10-23)15-19-20-21-24(15)14-6-4-5-13(11-14)12-18/h4-6,11H,7-10H2,1-3H3. The van der Waals surface area contributed by atoms with Gasteiger partial charge in [0.2, 0.25) is 5.95 Å². The van der Waals surface area contributed by atoms with Crippen molar-refractivity contribution in [2.75, 3.05) is 31.1 Å². The molecule has 9 heteroatoms. The number of tetrazole rings is 1. The Bertz CT molecular complexity index is 826. The van der Waals surface area contributed by atoms with Crippen LogP contribution in [0.25, 0.3) is 5.69 Å². The maximum Gasteiger partial charge on any atom is 0.410 e. The van der Waals surface area contributed by atoms with Crippen LogP contribution in [0.15, 0.2) is 24.3 Å². The second kappa shape index (κ2) is 7.00. The van der Waals surface area contributed by atoms with E-state index in [0.29, 0.717) is 37.7 Å². The van der Waals surface area contributed by atoms with Crippen molar-refractivity contribution in [2.24, 2.45) is 0 Å². The Morgan fingerprint density at radius 3 is 2.62 bits per heavy atom. The van der Waals surface area contributed by atoms with E-state index in [0.717, 1.165) is 5.69 Å². The van der Waals surface area contributed by atoms with E-state index in [-0.39, 0.29) is 6.09 Å². The SMILES string of the molecule is CC(C)(C)OC(=O)N1CCN(c2nnnn2-c2cccc(C#N)c2)CC1. The van der Waals surface area contributed by atoms with E-state index >= 15 is 0 Å². The molecule has 26 heavy (non-hydrogen) atoms. The zero-order chi connectivity index (χ0) is 18.7. The van der Waals surface area contributed by atoms with Crippen LogP contribution < -0.4 is 4.90 Å². The van der Waals surface area contributed by atoms with Crippen molar-refractivity contribution < 1.29 is 9.53 Å². The van der Waals surface area contributed by atoms with Crippen molar-refractivity contribution in [3.05, 3.63) is 29.8 Å². The summed E-state index contributed by atoms with van der Waals surface area (Å²) in [6.07, 6.45) is -0.307. The third-order valence-electron chi connectivity index (χ3n) is 3.89. The molecule has 9 nitrogen and oxygen atoms in total. The Labute approximate surface area is 151 Å². The molecule has 1 amide bonds. The van der Waals surface area contributed by atoms with Crippen LogP contribution in [0.1, 0.15) is 26.3 Å². The van der Waals surface area contributed by atoms with Crippen molar-refractivity contribution in [1.29, 1.82) is 5.26 Å². The number of anilines is 1. The van der Waals surface area contributed by atoms with E-state index in [9.17, 15) is 4.79 Å². The molecule has 0 saturated carbocycles. The molecule has 1 aromatic heterocycles. The number of piperazine rings is 1. The van der Waals surface area contributed by atoms with Gasteiger partial charge in [0, 0.05) is 26.2 Å². The first-order chi connectivity index (χ1) is 12.4. The van der Waals surface area contributed by atoms with E-state index in [2.05, 4.69) is 21.6 Å². The second-order valence-corrected chi connectivity index (χ2v) is 7.01. The molecule has 1 saturated heterocycles. The zero-order valence-corrected chi connectivity index (χ0v) is 15.1. The predicted octanol–water partition coefficient (Wildman–Crippen LogP) is 1.59. The highest BCUT2D eigenvalue weighted by molar-refractivity contribution is 5.68. The highest BCUT2D eigenvalue weighted by atomic mass is 16.6. The minimum atomic E-state index is -0.510. The number of hydrogen-bond donors (Lipinski definition) is 0. The van der Waals surface area contributed by atoms with Gasteiger partial charge in [0.05, 0.1) is 17.3 Å². The van der Waals surface area contributed by atoms with Crippen molar-refractivity contribution in [3.8, 4) is 11.8 Å². The van der Waals surface area contributed by atoms with E-state index in [1.54, 1.807) is 27.8 Å². The summed E-state index contributed by atoms with van der Waals surface area (Å²) < 4.78 is 7.02. The first kappa shape index (κ1) is 17.7. The number of rotatable bonds is 2. The molecule has 2 heterocycles. The maximum atomic E-state index is 12.2. The molecule has 0 bridgehead atoms. The van der Waals surface area contributed by atoms with Gasteiger partial charge in [-0.15, -0.1) is 0 Å². The average Bonchev–Trinajstić information content (AvgIpc) is 3.10. The lowest BCUT2D eigenvalue weighted by molar-refractivity contribution is 0.0240. The van der Waals surface area contributed by atoms with Gasteiger partial charge in [-0.25, -0.2) is 4.79 Å². The molecule has 3 rings (SSSR count). The van der Waals surface area contributed by atoms with E-state index in [1.165, 1.54) is 0 Å². The van der Waals surface area contributed by atoms with Crippen LogP contribution in [0.2, 0.25) is 0 Å². The predicted molar refractivity (Wildman–Crippen MR) is 93.9 cm³/mol. The van der Waals surface area contributed by atoms with Crippen LogP contribution >= 0.6 is 0 Å². The quantitative estimate of drug-likeness (QED) is 0.806. The molecule has 1 aliphatic rings. The summed E-state index contributed by atoms with van der Waals surface area (Å²) in [4.78, 5) is 15.9. The lowest BCUT2D eigenvalue weighted by Gasteiger charge is -2.35. The van der Waals surface area contributed by atoms with Gasteiger partial charge in [0.1, 0.15) is 5.60 Å². The molecule has 1 fully saturated rings. The fourth-order valence-corrected chi connectivity index (χ4v) is 2.67. The number of aromatic nitrogens is 4. The van der Waals surface area contributed by atoms with Crippen LogP contribution in [-0.4, -0.2) is 63.0 Å². The van der Waals surface area contributed by atoms with E-state index < -0.39 is 5.60 Å². The Morgan fingerprint density at radius 2 is 1.96 bits per heavy atom. The van der Waals surface area contributed by atoms with Gasteiger partial charge < -0.3 is 14.5 Å². The number of hydrogen-bond acceptors (Lipinski definition) is 7. The molecule has 0 spiro atoms. The maximum absolute atomic E-state index is 12.2. The van der Waals surface area contributed by atoms with Gasteiger partial charge in [0.15, 0.2) is 0 Å².